The lowest BCUT2D eigenvalue weighted by Crippen LogP contribution is -2.49. The molecule has 3 aromatic rings. The summed E-state index contributed by atoms with van der Waals surface area (Å²) < 4.78 is 5.39. The summed E-state index contributed by atoms with van der Waals surface area (Å²) in [6.45, 7) is 5.65. The van der Waals surface area contributed by atoms with Gasteiger partial charge < -0.3 is 9.64 Å². The van der Waals surface area contributed by atoms with Crippen LogP contribution >= 0.6 is 11.6 Å². The molecule has 192 valence electrons. The van der Waals surface area contributed by atoms with E-state index in [2.05, 4.69) is 0 Å². The molecule has 1 aliphatic carbocycles. The van der Waals surface area contributed by atoms with Crippen LogP contribution in [-0.2, 0) is 4.79 Å². The van der Waals surface area contributed by atoms with Crippen molar-refractivity contribution in [2.45, 2.75) is 38.8 Å². The highest BCUT2D eigenvalue weighted by molar-refractivity contribution is 6.32. The van der Waals surface area contributed by atoms with Crippen LogP contribution in [0.15, 0.2) is 72.8 Å². The zero-order valence-corrected chi connectivity index (χ0v) is 22.5. The Hall–Kier alpha value is -3.70. The number of benzene rings is 3. The van der Waals surface area contributed by atoms with E-state index in [1.165, 1.54) is 0 Å². The summed E-state index contributed by atoms with van der Waals surface area (Å²) in [4.78, 5) is 45.5. The number of carbonyl (C=O) groups is 3. The Morgan fingerprint density at radius 3 is 2.16 bits per heavy atom. The van der Waals surface area contributed by atoms with E-state index in [9.17, 15) is 14.4 Å². The predicted molar refractivity (Wildman–Crippen MR) is 148 cm³/mol. The van der Waals surface area contributed by atoms with Gasteiger partial charge in [-0.05, 0) is 41.5 Å². The summed E-state index contributed by atoms with van der Waals surface area (Å²) in [5, 5.41) is 0.576. The molecule has 5 nitrogen and oxygen atoms in total. The van der Waals surface area contributed by atoms with Crippen molar-refractivity contribution in [2.24, 2.45) is 10.8 Å². The molecule has 0 N–H and O–H groups in total. The fourth-order valence-electron chi connectivity index (χ4n) is 6.58. The molecule has 3 atom stereocenters. The van der Waals surface area contributed by atoms with E-state index < -0.39 is 28.8 Å². The molecular formula is C32H28ClNO4. The van der Waals surface area contributed by atoms with Gasteiger partial charge in [-0.2, -0.15) is 0 Å². The van der Waals surface area contributed by atoms with Crippen LogP contribution in [0.3, 0.4) is 0 Å². The fourth-order valence-corrected chi connectivity index (χ4v) is 6.76. The van der Waals surface area contributed by atoms with Crippen molar-refractivity contribution in [3.8, 4) is 5.75 Å². The number of methoxy groups -OCH3 is 1. The summed E-state index contributed by atoms with van der Waals surface area (Å²) in [6.07, 6.45) is 3.83. The predicted octanol–water partition coefficient (Wildman–Crippen LogP) is 6.40. The van der Waals surface area contributed by atoms with E-state index in [1.54, 1.807) is 37.4 Å². The van der Waals surface area contributed by atoms with Crippen LogP contribution in [0.4, 0.5) is 5.69 Å². The number of carbonyl (C=O) groups excluding carboxylic acids is 3. The molecular weight excluding hydrogens is 498 g/mol. The Balaban J connectivity index is 1.69. The minimum absolute atomic E-state index is 0.0343. The van der Waals surface area contributed by atoms with Gasteiger partial charge in [0.2, 0.25) is 0 Å². The van der Waals surface area contributed by atoms with Crippen LogP contribution in [0.5, 0.6) is 5.75 Å². The molecule has 1 spiro atoms. The summed E-state index contributed by atoms with van der Waals surface area (Å²) in [7, 11) is 1.59. The van der Waals surface area contributed by atoms with E-state index in [0.717, 1.165) is 16.8 Å². The monoisotopic (exact) mass is 525 g/mol. The first-order valence-electron chi connectivity index (χ1n) is 12.7. The molecule has 3 aromatic carbocycles. The molecule has 3 aliphatic rings. The second-order valence-electron chi connectivity index (χ2n) is 11.3. The SMILES string of the molecule is COc1ccc([C@@H]2[C@H](C(=O)C(C)(C)C)N3c4ccc(Cl)cc4C=C[C@H]3C23C(=O)c2ccccc2C3=O)cc1. The normalized spacial score (nSPS) is 22.9. The topological polar surface area (TPSA) is 63.7 Å². The lowest BCUT2D eigenvalue weighted by atomic mass is 9.63. The van der Waals surface area contributed by atoms with Crippen LogP contribution < -0.4 is 9.64 Å². The van der Waals surface area contributed by atoms with Crippen molar-refractivity contribution >= 4 is 40.7 Å². The first kappa shape index (κ1) is 24.6. The number of ketones is 3. The molecule has 38 heavy (non-hydrogen) atoms. The van der Waals surface area contributed by atoms with Gasteiger partial charge in [0.15, 0.2) is 17.3 Å². The molecule has 0 aromatic heterocycles. The van der Waals surface area contributed by atoms with Gasteiger partial charge in [0.25, 0.3) is 0 Å². The number of hydrogen-bond donors (Lipinski definition) is 0. The molecule has 6 heteroatoms. The maximum Gasteiger partial charge on any atom is 0.180 e. The Bertz CT molecular complexity index is 1500. The number of Topliss-reactive ketones (excluding diaryl/α,β-unsaturated/α-hetero) is 3. The van der Waals surface area contributed by atoms with E-state index >= 15 is 0 Å². The summed E-state index contributed by atoms with van der Waals surface area (Å²) in [5.74, 6) is -0.568. The van der Waals surface area contributed by atoms with Crippen LogP contribution in [0.1, 0.15) is 58.5 Å². The van der Waals surface area contributed by atoms with Gasteiger partial charge in [-0.1, -0.05) is 80.9 Å². The van der Waals surface area contributed by atoms with Gasteiger partial charge in [-0.25, -0.2) is 0 Å². The van der Waals surface area contributed by atoms with E-state index in [-0.39, 0.29) is 17.3 Å². The second kappa shape index (κ2) is 8.40. The van der Waals surface area contributed by atoms with Crippen LogP contribution in [0.2, 0.25) is 5.02 Å². The van der Waals surface area contributed by atoms with Crippen molar-refractivity contribution in [3.63, 3.8) is 0 Å². The molecule has 6 rings (SSSR count). The van der Waals surface area contributed by atoms with Crippen LogP contribution in [0.25, 0.3) is 6.08 Å². The average molecular weight is 526 g/mol. The maximum absolute atomic E-state index is 14.5. The quantitative estimate of drug-likeness (QED) is 0.370. The van der Waals surface area contributed by atoms with Crippen molar-refractivity contribution < 1.29 is 19.1 Å². The molecule has 0 radical (unpaired) electrons. The van der Waals surface area contributed by atoms with Crippen molar-refractivity contribution in [2.75, 3.05) is 12.0 Å². The average Bonchev–Trinajstić information content (AvgIpc) is 3.33. The molecule has 0 unspecified atom stereocenters. The lowest BCUT2D eigenvalue weighted by Gasteiger charge is -2.38. The number of ether oxygens (including phenoxy) is 1. The molecule has 1 fully saturated rings. The van der Waals surface area contributed by atoms with Crippen molar-refractivity contribution in [1.29, 1.82) is 0 Å². The molecule has 2 heterocycles. The summed E-state index contributed by atoms with van der Waals surface area (Å²) in [5.41, 5.74) is 0.985. The Kier molecular flexibility index (Phi) is 5.45. The Morgan fingerprint density at radius 2 is 1.58 bits per heavy atom. The van der Waals surface area contributed by atoms with Gasteiger partial charge in [0, 0.05) is 33.2 Å². The number of hydrogen-bond acceptors (Lipinski definition) is 5. The molecule has 1 saturated heterocycles. The first-order valence-corrected chi connectivity index (χ1v) is 13.1. The number of nitrogens with zero attached hydrogens (tertiary/aromatic N) is 1. The number of anilines is 1. The Morgan fingerprint density at radius 1 is 0.947 bits per heavy atom. The smallest absolute Gasteiger partial charge is 0.180 e. The highest BCUT2D eigenvalue weighted by Gasteiger charge is 2.71. The highest BCUT2D eigenvalue weighted by atomic mass is 35.5. The van der Waals surface area contributed by atoms with Gasteiger partial charge in [-0.15, -0.1) is 0 Å². The molecule has 2 aliphatic heterocycles. The zero-order valence-electron chi connectivity index (χ0n) is 21.7. The van der Waals surface area contributed by atoms with E-state index in [0.29, 0.717) is 21.9 Å². The van der Waals surface area contributed by atoms with Gasteiger partial charge >= 0.3 is 0 Å². The largest absolute Gasteiger partial charge is 0.497 e. The standard InChI is InChI=1S/C32H28ClNO4/c1-31(2,3)30(37)27-26(18-9-13-21(38-4)14-10-18)32(28(35)22-7-5-6-8-23(22)29(32)36)25-16-11-19-17-20(33)12-15-24(19)34(25)27/h5-17,25-27H,1-4H3/t25-,26+,27+/m0/s1. The number of rotatable bonds is 3. The minimum Gasteiger partial charge on any atom is -0.497 e. The summed E-state index contributed by atoms with van der Waals surface area (Å²) >= 11 is 6.33. The summed E-state index contributed by atoms with van der Waals surface area (Å²) in [6, 6.07) is 18.5. The maximum atomic E-state index is 14.5. The third-order valence-corrected chi connectivity index (χ3v) is 8.48. The molecule has 0 saturated carbocycles. The molecule has 0 bridgehead atoms. The third kappa shape index (κ3) is 3.21. The Labute approximate surface area is 227 Å². The van der Waals surface area contributed by atoms with Gasteiger partial charge in [0.05, 0.1) is 19.2 Å². The first-order chi connectivity index (χ1) is 18.1. The van der Waals surface area contributed by atoms with E-state index in [4.69, 9.17) is 16.3 Å². The number of fused-ring (bicyclic) bond motifs is 5. The minimum atomic E-state index is -1.50. The molecule has 0 amide bonds. The fraction of sp³-hybridized carbons (Fsp3) is 0.281. The highest BCUT2D eigenvalue weighted by Crippen LogP contribution is 2.61. The van der Waals surface area contributed by atoms with Crippen LogP contribution in [-0.4, -0.2) is 36.5 Å². The van der Waals surface area contributed by atoms with E-state index in [1.807, 2.05) is 74.2 Å². The van der Waals surface area contributed by atoms with Gasteiger partial charge in [0.1, 0.15) is 11.2 Å². The van der Waals surface area contributed by atoms with Crippen molar-refractivity contribution in [3.05, 3.63) is 100 Å². The zero-order chi connectivity index (χ0) is 27.0. The third-order valence-electron chi connectivity index (χ3n) is 8.25. The lowest BCUT2D eigenvalue weighted by molar-refractivity contribution is -0.127. The second-order valence-corrected chi connectivity index (χ2v) is 11.7. The van der Waals surface area contributed by atoms with Crippen LogP contribution in [0, 0.1) is 10.8 Å². The van der Waals surface area contributed by atoms with Gasteiger partial charge in [-0.3, -0.25) is 14.4 Å². The number of halogens is 1. The van der Waals surface area contributed by atoms with Crippen molar-refractivity contribution in [1.82, 2.24) is 0 Å².